The van der Waals surface area contributed by atoms with Crippen molar-refractivity contribution in [1.29, 1.82) is 0 Å². The molecular formula is C16H17NO3. The summed E-state index contributed by atoms with van der Waals surface area (Å²) in [5.41, 5.74) is 3.36. The van der Waals surface area contributed by atoms with Crippen molar-refractivity contribution in [3.8, 4) is 17.2 Å². The van der Waals surface area contributed by atoms with E-state index in [0.717, 1.165) is 29.8 Å². The van der Waals surface area contributed by atoms with Gasteiger partial charge in [0, 0.05) is 19.0 Å². The Balaban J connectivity index is 2.06. The highest BCUT2D eigenvalue weighted by atomic mass is 16.5. The smallest absolute Gasteiger partial charge is 0.160 e. The largest absolute Gasteiger partial charge is 0.508 e. The highest BCUT2D eigenvalue weighted by Gasteiger charge is 2.23. The molecule has 1 heterocycles. The van der Waals surface area contributed by atoms with Gasteiger partial charge in [-0.15, -0.1) is 0 Å². The Morgan fingerprint density at radius 2 is 1.90 bits per heavy atom. The maximum absolute atomic E-state index is 9.87. The third kappa shape index (κ3) is 2.18. The zero-order valence-corrected chi connectivity index (χ0v) is 11.3. The van der Waals surface area contributed by atoms with Crippen molar-refractivity contribution >= 4 is 0 Å². The van der Waals surface area contributed by atoms with Crippen LogP contribution in [-0.4, -0.2) is 23.9 Å². The first-order chi connectivity index (χ1) is 9.69. The lowest BCUT2D eigenvalue weighted by atomic mass is 9.85. The van der Waals surface area contributed by atoms with E-state index in [4.69, 9.17) is 4.74 Å². The number of hydrogen-bond donors (Lipinski definition) is 3. The van der Waals surface area contributed by atoms with Crippen LogP contribution < -0.4 is 10.1 Å². The van der Waals surface area contributed by atoms with Gasteiger partial charge in [-0.05, 0) is 41.0 Å². The molecule has 0 unspecified atom stereocenters. The van der Waals surface area contributed by atoms with Crippen LogP contribution in [0, 0.1) is 0 Å². The van der Waals surface area contributed by atoms with Crippen molar-refractivity contribution in [3.63, 3.8) is 0 Å². The van der Waals surface area contributed by atoms with E-state index in [1.807, 2.05) is 18.2 Å². The van der Waals surface area contributed by atoms with E-state index >= 15 is 0 Å². The van der Waals surface area contributed by atoms with Gasteiger partial charge < -0.3 is 20.3 Å². The fraction of sp³-hybridized carbons (Fsp3) is 0.250. The molecule has 1 atom stereocenters. The highest BCUT2D eigenvalue weighted by Crippen LogP contribution is 2.37. The van der Waals surface area contributed by atoms with E-state index in [-0.39, 0.29) is 17.4 Å². The summed E-state index contributed by atoms with van der Waals surface area (Å²) in [5, 5.41) is 22.6. The molecule has 2 aromatic rings. The molecule has 0 fully saturated rings. The van der Waals surface area contributed by atoms with Gasteiger partial charge in [-0.2, -0.15) is 0 Å². The van der Waals surface area contributed by atoms with Crippen LogP contribution in [0.15, 0.2) is 36.4 Å². The standard InChI is InChI=1S/C16H17NO3/c1-20-16-7-13-11(6-15(16)19)8-17-9-14(13)10-2-4-12(18)5-3-10/h2-7,14,17-19H,8-9H2,1H3/t14-/m0/s1. The summed E-state index contributed by atoms with van der Waals surface area (Å²) in [6, 6.07) is 10.9. The van der Waals surface area contributed by atoms with Crippen molar-refractivity contribution in [2.75, 3.05) is 13.7 Å². The molecule has 0 amide bonds. The van der Waals surface area contributed by atoms with Crippen molar-refractivity contribution in [2.24, 2.45) is 0 Å². The van der Waals surface area contributed by atoms with Gasteiger partial charge in [-0.25, -0.2) is 0 Å². The molecule has 3 N–H and O–H groups in total. The summed E-state index contributed by atoms with van der Waals surface area (Å²) in [7, 11) is 1.55. The third-order valence-corrected chi connectivity index (χ3v) is 3.78. The van der Waals surface area contributed by atoms with E-state index in [0.29, 0.717) is 5.75 Å². The van der Waals surface area contributed by atoms with Crippen LogP contribution >= 0.6 is 0 Å². The molecule has 0 saturated carbocycles. The molecule has 0 aromatic heterocycles. The summed E-state index contributed by atoms with van der Waals surface area (Å²) in [5.74, 6) is 1.11. The molecule has 0 bridgehead atoms. The van der Waals surface area contributed by atoms with Crippen molar-refractivity contribution in [2.45, 2.75) is 12.5 Å². The summed E-state index contributed by atoms with van der Waals surface area (Å²) in [6.07, 6.45) is 0. The van der Waals surface area contributed by atoms with E-state index in [1.54, 1.807) is 25.3 Å². The van der Waals surface area contributed by atoms with Gasteiger partial charge in [0.15, 0.2) is 11.5 Å². The Morgan fingerprint density at radius 3 is 2.60 bits per heavy atom. The number of ether oxygens (including phenoxy) is 1. The first-order valence-electron chi connectivity index (χ1n) is 6.58. The number of fused-ring (bicyclic) bond motifs is 1. The van der Waals surface area contributed by atoms with Crippen molar-refractivity contribution in [1.82, 2.24) is 5.32 Å². The van der Waals surface area contributed by atoms with Gasteiger partial charge in [0.1, 0.15) is 5.75 Å². The van der Waals surface area contributed by atoms with Crippen LogP contribution in [0.5, 0.6) is 17.2 Å². The van der Waals surface area contributed by atoms with Crippen LogP contribution in [0.4, 0.5) is 0 Å². The predicted octanol–water partition coefficient (Wildman–Crippen LogP) is 2.34. The molecule has 20 heavy (non-hydrogen) atoms. The van der Waals surface area contributed by atoms with Gasteiger partial charge in [0.25, 0.3) is 0 Å². The second kappa shape index (κ2) is 5.06. The lowest BCUT2D eigenvalue weighted by molar-refractivity contribution is 0.371. The topological polar surface area (TPSA) is 61.7 Å². The molecular weight excluding hydrogens is 254 g/mol. The van der Waals surface area contributed by atoms with E-state index in [9.17, 15) is 10.2 Å². The maximum Gasteiger partial charge on any atom is 0.160 e. The lowest BCUT2D eigenvalue weighted by Crippen LogP contribution is -2.28. The maximum atomic E-state index is 9.87. The van der Waals surface area contributed by atoms with Crippen molar-refractivity contribution in [3.05, 3.63) is 53.1 Å². The third-order valence-electron chi connectivity index (χ3n) is 3.78. The second-order valence-corrected chi connectivity index (χ2v) is 5.00. The average Bonchev–Trinajstić information content (AvgIpc) is 2.46. The van der Waals surface area contributed by atoms with Gasteiger partial charge in [0.2, 0.25) is 0 Å². The zero-order valence-electron chi connectivity index (χ0n) is 11.3. The van der Waals surface area contributed by atoms with Crippen LogP contribution in [0.25, 0.3) is 0 Å². The number of aromatic hydroxyl groups is 2. The van der Waals surface area contributed by atoms with Crippen LogP contribution in [-0.2, 0) is 6.54 Å². The number of phenolic OH excluding ortho intramolecular Hbond substituents is 2. The Kier molecular flexibility index (Phi) is 3.24. The molecule has 4 nitrogen and oxygen atoms in total. The fourth-order valence-corrected chi connectivity index (χ4v) is 2.73. The van der Waals surface area contributed by atoms with Gasteiger partial charge in [0.05, 0.1) is 7.11 Å². The van der Waals surface area contributed by atoms with E-state index in [1.165, 1.54) is 0 Å². The first-order valence-corrected chi connectivity index (χ1v) is 6.58. The lowest BCUT2D eigenvalue weighted by Gasteiger charge is -2.27. The normalized spacial score (nSPS) is 17.6. The second-order valence-electron chi connectivity index (χ2n) is 5.00. The molecule has 0 aliphatic carbocycles. The number of benzene rings is 2. The molecule has 0 radical (unpaired) electrons. The van der Waals surface area contributed by atoms with E-state index in [2.05, 4.69) is 5.32 Å². The first kappa shape index (κ1) is 12.8. The number of hydrogen-bond acceptors (Lipinski definition) is 4. The number of nitrogens with one attached hydrogen (secondary N) is 1. The molecule has 0 spiro atoms. The van der Waals surface area contributed by atoms with Crippen LogP contribution in [0.3, 0.4) is 0 Å². The minimum absolute atomic E-state index is 0.166. The molecule has 3 rings (SSSR count). The summed E-state index contributed by atoms with van der Waals surface area (Å²) in [4.78, 5) is 0. The summed E-state index contributed by atoms with van der Waals surface area (Å²) in [6.45, 7) is 1.56. The SMILES string of the molecule is COc1cc2c(cc1O)CNC[C@H]2c1ccc(O)cc1. The number of methoxy groups -OCH3 is 1. The molecule has 0 saturated heterocycles. The monoisotopic (exact) mass is 271 g/mol. The molecule has 104 valence electrons. The predicted molar refractivity (Wildman–Crippen MR) is 76.3 cm³/mol. The Morgan fingerprint density at radius 1 is 1.15 bits per heavy atom. The number of rotatable bonds is 2. The molecule has 1 aliphatic heterocycles. The summed E-state index contributed by atoms with van der Waals surface area (Å²) >= 11 is 0. The van der Waals surface area contributed by atoms with Crippen LogP contribution in [0.1, 0.15) is 22.6 Å². The molecule has 4 heteroatoms. The molecule has 1 aliphatic rings. The highest BCUT2D eigenvalue weighted by molar-refractivity contribution is 5.51. The Hall–Kier alpha value is -2.20. The minimum Gasteiger partial charge on any atom is -0.508 e. The van der Waals surface area contributed by atoms with Gasteiger partial charge >= 0.3 is 0 Å². The fourth-order valence-electron chi connectivity index (χ4n) is 2.73. The minimum atomic E-state index is 0.166. The Labute approximate surface area is 117 Å². The van der Waals surface area contributed by atoms with Crippen LogP contribution in [0.2, 0.25) is 0 Å². The quantitative estimate of drug-likeness (QED) is 0.784. The molecule has 2 aromatic carbocycles. The summed E-state index contributed by atoms with van der Waals surface area (Å²) < 4.78 is 5.20. The van der Waals surface area contributed by atoms with E-state index < -0.39 is 0 Å². The average molecular weight is 271 g/mol. The van der Waals surface area contributed by atoms with Gasteiger partial charge in [-0.1, -0.05) is 12.1 Å². The van der Waals surface area contributed by atoms with Gasteiger partial charge in [-0.3, -0.25) is 0 Å². The number of phenols is 2. The zero-order chi connectivity index (χ0) is 14.1. The van der Waals surface area contributed by atoms with Crippen molar-refractivity contribution < 1.29 is 14.9 Å². The Bertz CT molecular complexity index is 622.